The number of carbonyl (C=O) groups excluding carboxylic acids is 1. The molecule has 0 spiro atoms. The number of benzene rings is 3. The van der Waals surface area contributed by atoms with E-state index in [1.165, 1.54) is 48.7 Å². The van der Waals surface area contributed by atoms with Crippen molar-refractivity contribution >= 4 is 27.8 Å². The van der Waals surface area contributed by atoms with Gasteiger partial charge in [-0.05, 0) is 61.0 Å². The predicted octanol–water partition coefficient (Wildman–Crippen LogP) is 4.16. The van der Waals surface area contributed by atoms with Gasteiger partial charge in [0.25, 0.3) is 15.9 Å². The third-order valence-electron chi connectivity index (χ3n) is 4.77. The molecule has 3 aromatic carbocycles. The molecule has 1 amide bonds. The molecule has 0 heterocycles. The number of nitrogens with one attached hydrogen (secondary N) is 1. The van der Waals surface area contributed by atoms with Crippen molar-refractivity contribution in [1.29, 1.82) is 0 Å². The number of carbonyl (C=O) groups is 1. The summed E-state index contributed by atoms with van der Waals surface area (Å²) in [6, 6.07) is 15.1. The molecule has 2 N–H and O–H groups in total. The van der Waals surface area contributed by atoms with E-state index < -0.39 is 34.2 Å². The summed E-state index contributed by atoms with van der Waals surface area (Å²) in [7, 11) is -4.40. The molecule has 0 aliphatic carbocycles. The Hall–Kier alpha value is -4.06. The number of hydrogen-bond donors (Lipinski definition) is 2. The summed E-state index contributed by atoms with van der Waals surface area (Å²) in [4.78, 5) is 12.4. The Labute approximate surface area is 205 Å². The number of halogens is 3. The number of phenols is 1. The van der Waals surface area contributed by atoms with Crippen molar-refractivity contribution in [3.05, 3.63) is 83.9 Å². The van der Waals surface area contributed by atoms with Crippen LogP contribution in [0.15, 0.2) is 82.8 Å². The molecular weight excluding hydrogens is 499 g/mol. The Balaban J connectivity index is 1.86. The van der Waals surface area contributed by atoms with Gasteiger partial charge in [0.15, 0.2) is 11.5 Å². The van der Waals surface area contributed by atoms with Crippen LogP contribution in [-0.2, 0) is 21.0 Å². The molecule has 0 radical (unpaired) electrons. The van der Waals surface area contributed by atoms with Gasteiger partial charge in [0.1, 0.15) is 6.54 Å². The Morgan fingerprint density at radius 1 is 1.08 bits per heavy atom. The molecule has 0 aromatic heterocycles. The molecule has 3 aromatic rings. The number of phenolic OH excluding ortho intramolecular Hbond substituents is 1. The maximum absolute atomic E-state index is 13.3. The lowest BCUT2D eigenvalue weighted by atomic mass is 10.2. The molecule has 8 nitrogen and oxygen atoms in total. The van der Waals surface area contributed by atoms with E-state index in [1.54, 1.807) is 13.0 Å². The zero-order chi connectivity index (χ0) is 26.3. The largest absolute Gasteiger partial charge is 0.504 e. The zero-order valence-corrected chi connectivity index (χ0v) is 19.8. The van der Waals surface area contributed by atoms with Crippen molar-refractivity contribution in [2.24, 2.45) is 5.10 Å². The minimum atomic E-state index is -4.71. The first-order valence-corrected chi connectivity index (χ1v) is 12.0. The van der Waals surface area contributed by atoms with Crippen LogP contribution in [0.4, 0.5) is 18.9 Å². The molecular formula is C24H22F3N3O5S. The maximum Gasteiger partial charge on any atom is 0.416 e. The van der Waals surface area contributed by atoms with E-state index in [0.29, 0.717) is 22.5 Å². The quantitative estimate of drug-likeness (QED) is 0.325. The van der Waals surface area contributed by atoms with E-state index in [1.807, 2.05) is 0 Å². The second-order valence-electron chi connectivity index (χ2n) is 7.33. The third-order valence-corrected chi connectivity index (χ3v) is 6.55. The SMILES string of the molecule is CCOc1cc(/C=N\NC(=O)CN(c2cccc(C(F)(F)F)c2)S(=O)(=O)c2ccccc2)ccc1O. The van der Waals surface area contributed by atoms with Crippen LogP contribution < -0.4 is 14.5 Å². The summed E-state index contributed by atoms with van der Waals surface area (Å²) >= 11 is 0. The van der Waals surface area contributed by atoms with Gasteiger partial charge in [0.2, 0.25) is 0 Å². The van der Waals surface area contributed by atoms with Crippen LogP contribution in [0.3, 0.4) is 0 Å². The van der Waals surface area contributed by atoms with Crippen LogP contribution in [0.25, 0.3) is 0 Å². The van der Waals surface area contributed by atoms with Crippen LogP contribution in [0.2, 0.25) is 0 Å². The molecule has 3 rings (SSSR count). The number of anilines is 1. The van der Waals surface area contributed by atoms with Gasteiger partial charge in [-0.3, -0.25) is 9.10 Å². The molecule has 0 bridgehead atoms. The van der Waals surface area contributed by atoms with Crippen LogP contribution in [-0.4, -0.2) is 38.8 Å². The number of sulfonamides is 1. The summed E-state index contributed by atoms with van der Waals surface area (Å²) in [5, 5.41) is 13.5. The van der Waals surface area contributed by atoms with E-state index in [4.69, 9.17) is 4.74 Å². The molecule has 0 saturated carbocycles. The van der Waals surface area contributed by atoms with Crippen LogP contribution in [0.1, 0.15) is 18.1 Å². The summed E-state index contributed by atoms with van der Waals surface area (Å²) in [5.74, 6) is -0.773. The highest BCUT2D eigenvalue weighted by Gasteiger charge is 2.33. The highest BCUT2D eigenvalue weighted by Crippen LogP contribution is 2.33. The number of aromatic hydroxyl groups is 1. The highest BCUT2D eigenvalue weighted by atomic mass is 32.2. The normalized spacial score (nSPS) is 11.9. The predicted molar refractivity (Wildman–Crippen MR) is 127 cm³/mol. The monoisotopic (exact) mass is 521 g/mol. The first-order chi connectivity index (χ1) is 17.0. The molecule has 0 saturated heterocycles. The van der Waals surface area contributed by atoms with Gasteiger partial charge in [-0.15, -0.1) is 0 Å². The Kier molecular flexibility index (Phi) is 8.20. The fourth-order valence-electron chi connectivity index (χ4n) is 3.10. The highest BCUT2D eigenvalue weighted by molar-refractivity contribution is 7.92. The second-order valence-corrected chi connectivity index (χ2v) is 9.19. The van der Waals surface area contributed by atoms with Crippen LogP contribution >= 0.6 is 0 Å². The van der Waals surface area contributed by atoms with Gasteiger partial charge in [-0.2, -0.15) is 18.3 Å². The van der Waals surface area contributed by atoms with Crippen molar-refractivity contribution in [3.8, 4) is 11.5 Å². The summed E-state index contributed by atoms with van der Waals surface area (Å²) < 4.78 is 72.1. The van der Waals surface area contributed by atoms with Crippen LogP contribution in [0.5, 0.6) is 11.5 Å². The minimum absolute atomic E-state index is 0.0825. The van der Waals surface area contributed by atoms with E-state index in [-0.39, 0.29) is 22.1 Å². The van der Waals surface area contributed by atoms with Crippen molar-refractivity contribution in [2.45, 2.75) is 18.0 Å². The molecule has 12 heteroatoms. The van der Waals surface area contributed by atoms with E-state index >= 15 is 0 Å². The molecule has 0 aliphatic heterocycles. The second kappa shape index (κ2) is 11.1. The van der Waals surface area contributed by atoms with Gasteiger partial charge in [-0.1, -0.05) is 24.3 Å². The lowest BCUT2D eigenvalue weighted by molar-refractivity contribution is -0.137. The Morgan fingerprint density at radius 3 is 2.47 bits per heavy atom. The summed E-state index contributed by atoms with van der Waals surface area (Å²) in [6.45, 7) is 1.21. The average Bonchev–Trinajstić information content (AvgIpc) is 2.84. The minimum Gasteiger partial charge on any atom is -0.504 e. The van der Waals surface area contributed by atoms with Crippen molar-refractivity contribution < 1.29 is 36.2 Å². The number of nitrogens with zero attached hydrogens (tertiary/aromatic N) is 2. The van der Waals surface area contributed by atoms with Crippen molar-refractivity contribution in [3.63, 3.8) is 0 Å². The standard InChI is InChI=1S/C24H22F3N3O5S/c1-2-35-22-13-17(11-12-21(22)31)15-28-29-23(32)16-30(36(33,34)20-9-4-3-5-10-20)19-8-6-7-18(14-19)24(25,26)27/h3-15,31H,2,16H2,1H3,(H,29,32)/b28-15-. The van der Waals surface area contributed by atoms with Gasteiger partial charge in [0, 0.05) is 0 Å². The van der Waals surface area contributed by atoms with E-state index in [9.17, 15) is 31.5 Å². The topological polar surface area (TPSA) is 108 Å². The summed E-state index contributed by atoms with van der Waals surface area (Å²) in [5.41, 5.74) is 1.22. The molecule has 0 aliphatic rings. The Bertz CT molecular complexity index is 1350. The lowest BCUT2D eigenvalue weighted by Gasteiger charge is -2.24. The molecule has 0 fully saturated rings. The number of amides is 1. The van der Waals surface area contributed by atoms with Gasteiger partial charge in [0.05, 0.1) is 29.0 Å². The number of ether oxygens (including phenoxy) is 1. The third kappa shape index (κ3) is 6.54. The average molecular weight is 522 g/mol. The Morgan fingerprint density at radius 2 is 1.81 bits per heavy atom. The fourth-order valence-corrected chi connectivity index (χ4v) is 4.53. The molecule has 0 unspecified atom stereocenters. The zero-order valence-electron chi connectivity index (χ0n) is 18.9. The van der Waals surface area contributed by atoms with Crippen LogP contribution in [0, 0.1) is 0 Å². The van der Waals surface area contributed by atoms with Gasteiger partial charge < -0.3 is 9.84 Å². The fraction of sp³-hybridized carbons (Fsp3) is 0.167. The number of alkyl halides is 3. The number of hydrazone groups is 1. The van der Waals surface area contributed by atoms with Crippen molar-refractivity contribution in [1.82, 2.24) is 5.43 Å². The molecule has 190 valence electrons. The maximum atomic E-state index is 13.3. The first-order valence-electron chi connectivity index (χ1n) is 10.5. The van der Waals surface area contributed by atoms with Gasteiger partial charge >= 0.3 is 6.18 Å². The van der Waals surface area contributed by atoms with Gasteiger partial charge in [-0.25, -0.2) is 13.8 Å². The molecule has 36 heavy (non-hydrogen) atoms. The first kappa shape index (κ1) is 26.5. The van der Waals surface area contributed by atoms with E-state index in [0.717, 1.165) is 18.2 Å². The summed E-state index contributed by atoms with van der Waals surface area (Å²) in [6.07, 6.45) is -3.48. The van der Waals surface area contributed by atoms with E-state index in [2.05, 4.69) is 10.5 Å². The van der Waals surface area contributed by atoms with Crippen molar-refractivity contribution in [2.75, 3.05) is 17.5 Å². The number of rotatable bonds is 9. The molecule has 0 atom stereocenters. The lowest BCUT2D eigenvalue weighted by Crippen LogP contribution is -2.39. The number of hydrogen-bond acceptors (Lipinski definition) is 6. The smallest absolute Gasteiger partial charge is 0.416 e.